The van der Waals surface area contributed by atoms with Gasteiger partial charge in [-0.1, -0.05) is 18.2 Å². The lowest BCUT2D eigenvalue weighted by molar-refractivity contribution is -0.148. The molecule has 1 spiro atoms. The van der Waals surface area contributed by atoms with Crippen molar-refractivity contribution < 1.29 is 33.0 Å². The van der Waals surface area contributed by atoms with Gasteiger partial charge in [-0.05, 0) is 30.3 Å². The van der Waals surface area contributed by atoms with Crippen molar-refractivity contribution in [2.45, 2.75) is 12.0 Å². The van der Waals surface area contributed by atoms with Gasteiger partial charge in [-0.3, -0.25) is 14.5 Å². The van der Waals surface area contributed by atoms with Gasteiger partial charge in [0.05, 0.1) is 6.61 Å². The predicted octanol–water partition coefficient (Wildman–Crippen LogP) is 1.98. The third kappa shape index (κ3) is 3.66. The molecule has 2 aliphatic rings. The summed E-state index contributed by atoms with van der Waals surface area (Å²) in [7, 11) is 0. The van der Waals surface area contributed by atoms with Gasteiger partial charge in [-0.25, -0.2) is 9.18 Å². The molecule has 8 nitrogen and oxygen atoms in total. The smallest absolute Gasteiger partial charge is 0.326 e. The minimum atomic E-state index is -1.24. The van der Waals surface area contributed by atoms with Crippen molar-refractivity contribution in [1.82, 2.24) is 10.2 Å². The molecule has 0 radical (unpaired) electrons. The van der Waals surface area contributed by atoms with E-state index in [4.69, 9.17) is 14.2 Å². The van der Waals surface area contributed by atoms with Crippen molar-refractivity contribution in [3.05, 3.63) is 59.9 Å². The van der Waals surface area contributed by atoms with Gasteiger partial charge in [0.25, 0.3) is 5.91 Å². The standard InChI is InChI=1S/C21H19FN2O6/c22-14-5-7-15(8-6-14)28-11-12-30-18(25)13-24-19(26)21(23-20(24)27)9-10-29-17-4-2-1-3-16(17)21/h1-8H,9-13H2,(H,23,27)/t21-/m1/s1. The fraction of sp³-hybridized carbons (Fsp3) is 0.286. The van der Waals surface area contributed by atoms with Gasteiger partial charge in [-0.15, -0.1) is 0 Å². The molecule has 9 heteroatoms. The Morgan fingerprint density at radius 3 is 2.70 bits per heavy atom. The fourth-order valence-corrected chi connectivity index (χ4v) is 3.54. The van der Waals surface area contributed by atoms with E-state index >= 15 is 0 Å². The maximum atomic E-state index is 13.1. The van der Waals surface area contributed by atoms with E-state index in [-0.39, 0.29) is 32.1 Å². The van der Waals surface area contributed by atoms with Crippen molar-refractivity contribution in [3.63, 3.8) is 0 Å². The van der Waals surface area contributed by atoms with E-state index in [9.17, 15) is 18.8 Å². The SMILES string of the molecule is O=C(CN1C(=O)N[C@@]2(CCOc3ccccc32)C1=O)OCCOc1ccc(F)cc1. The monoisotopic (exact) mass is 414 g/mol. The summed E-state index contributed by atoms with van der Waals surface area (Å²) >= 11 is 0. The van der Waals surface area contributed by atoms with Gasteiger partial charge in [0, 0.05) is 12.0 Å². The minimum Gasteiger partial charge on any atom is -0.493 e. The zero-order valence-electron chi connectivity index (χ0n) is 15.9. The quantitative estimate of drug-likeness (QED) is 0.441. The van der Waals surface area contributed by atoms with Crippen LogP contribution in [0, 0.1) is 5.82 Å². The third-order valence-electron chi connectivity index (χ3n) is 4.97. The van der Waals surface area contributed by atoms with Crippen molar-refractivity contribution in [2.75, 3.05) is 26.4 Å². The Morgan fingerprint density at radius 2 is 1.90 bits per heavy atom. The average molecular weight is 414 g/mol. The Balaban J connectivity index is 1.34. The van der Waals surface area contributed by atoms with Crippen molar-refractivity contribution in [3.8, 4) is 11.5 Å². The number of hydrogen-bond acceptors (Lipinski definition) is 6. The van der Waals surface area contributed by atoms with Crippen LogP contribution in [0.1, 0.15) is 12.0 Å². The Labute approximate surface area is 171 Å². The Hall–Kier alpha value is -3.62. The average Bonchev–Trinajstić information content (AvgIpc) is 2.97. The number of urea groups is 1. The molecule has 0 bridgehead atoms. The minimum absolute atomic E-state index is 0.0478. The molecule has 2 heterocycles. The van der Waals surface area contributed by atoms with Crippen LogP contribution in [-0.2, 0) is 19.9 Å². The van der Waals surface area contributed by atoms with E-state index in [1.54, 1.807) is 24.3 Å². The van der Waals surface area contributed by atoms with Crippen LogP contribution >= 0.6 is 0 Å². The molecule has 2 aliphatic heterocycles. The first kappa shape index (κ1) is 19.7. The maximum Gasteiger partial charge on any atom is 0.326 e. The highest BCUT2D eigenvalue weighted by atomic mass is 19.1. The summed E-state index contributed by atoms with van der Waals surface area (Å²) in [5, 5.41) is 2.72. The number of amides is 3. The number of benzene rings is 2. The van der Waals surface area contributed by atoms with Crippen molar-refractivity contribution >= 4 is 17.9 Å². The lowest BCUT2D eigenvalue weighted by atomic mass is 9.84. The van der Waals surface area contributed by atoms with E-state index in [2.05, 4.69) is 5.32 Å². The third-order valence-corrected chi connectivity index (χ3v) is 4.97. The molecule has 0 aliphatic carbocycles. The van der Waals surface area contributed by atoms with Gasteiger partial charge in [-0.2, -0.15) is 0 Å². The van der Waals surface area contributed by atoms with Crippen LogP contribution in [0.3, 0.4) is 0 Å². The van der Waals surface area contributed by atoms with Gasteiger partial charge in [0.2, 0.25) is 0 Å². The Kier molecular flexibility index (Phi) is 5.26. The highest BCUT2D eigenvalue weighted by Gasteiger charge is 2.55. The molecule has 1 fully saturated rings. The lowest BCUT2D eigenvalue weighted by Crippen LogP contribution is -2.47. The number of carbonyl (C=O) groups is 3. The number of esters is 1. The lowest BCUT2D eigenvalue weighted by Gasteiger charge is -2.33. The maximum absolute atomic E-state index is 13.1. The summed E-state index contributed by atoms with van der Waals surface area (Å²) in [6, 6.07) is 11.7. The number of imide groups is 1. The number of para-hydroxylation sites is 1. The summed E-state index contributed by atoms with van der Waals surface area (Å²) in [4.78, 5) is 38.5. The number of nitrogens with one attached hydrogen (secondary N) is 1. The Bertz CT molecular complexity index is 980. The van der Waals surface area contributed by atoms with Gasteiger partial charge >= 0.3 is 12.0 Å². The number of rotatable bonds is 6. The summed E-state index contributed by atoms with van der Waals surface area (Å²) < 4.78 is 28.8. The van der Waals surface area contributed by atoms with Crippen molar-refractivity contribution in [1.29, 1.82) is 0 Å². The summed E-state index contributed by atoms with van der Waals surface area (Å²) in [6.07, 6.45) is 0.269. The number of ether oxygens (including phenoxy) is 3. The van der Waals surface area contributed by atoms with Crippen molar-refractivity contribution in [2.24, 2.45) is 0 Å². The molecule has 0 saturated carbocycles. The molecule has 1 N–H and O–H groups in total. The molecular weight excluding hydrogens is 395 g/mol. The van der Waals surface area contributed by atoms with E-state index in [1.807, 2.05) is 0 Å². The second-order valence-corrected chi connectivity index (χ2v) is 6.84. The molecular formula is C21H19FN2O6. The normalized spacial score (nSPS) is 19.8. The highest BCUT2D eigenvalue weighted by Crippen LogP contribution is 2.40. The van der Waals surface area contributed by atoms with E-state index in [0.717, 1.165) is 4.90 Å². The number of fused-ring (bicyclic) bond motifs is 2. The number of carbonyl (C=O) groups excluding carboxylic acids is 3. The van der Waals surface area contributed by atoms with Crippen LogP contribution < -0.4 is 14.8 Å². The topological polar surface area (TPSA) is 94.2 Å². The predicted molar refractivity (Wildman–Crippen MR) is 101 cm³/mol. The molecule has 0 aromatic heterocycles. The van der Waals surface area contributed by atoms with Gasteiger partial charge in [0.1, 0.15) is 37.1 Å². The van der Waals surface area contributed by atoms with Crippen LogP contribution in [0.2, 0.25) is 0 Å². The summed E-state index contributed by atoms with van der Waals surface area (Å²) in [6.45, 7) is -0.276. The zero-order valence-corrected chi connectivity index (χ0v) is 15.9. The number of nitrogens with zero attached hydrogens (tertiary/aromatic N) is 1. The number of hydrogen-bond donors (Lipinski definition) is 1. The van der Waals surface area contributed by atoms with E-state index in [0.29, 0.717) is 17.1 Å². The van der Waals surface area contributed by atoms with E-state index in [1.165, 1.54) is 24.3 Å². The first-order valence-corrected chi connectivity index (χ1v) is 9.40. The summed E-state index contributed by atoms with van der Waals surface area (Å²) in [5.74, 6) is -0.671. The van der Waals surface area contributed by atoms with Gasteiger partial charge < -0.3 is 19.5 Å². The molecule has 1 atom stereocenters. The molecule has 3 amide bonds. The molecule has 4 rings (SSSR count). The molecule has 1 saturated heterocycles. The molecule has 30 heavy (non-hydrogen) atoms. The van der Waals surface area contributed by atoms with Crippen LogP contribution in [0.4, 0.5) is 9.18 Å². The molecule has 2 aromatic carbocycles. The number of halogens is 1. The zero-order chi connectivity index (χ0) is 21.1. The second-order valence-electron chi connectivity index (χ2n) is 6.84. The fourth-order valence-electron chi connectivity index (χ4n) is 3.54. The first-order chi connectivity index (χ1) is 14.5. The molecule has 0 unspecified atom stereocenters. The van der Waals surface area contributed by atoms with E-state index < -0.39 is 30.0 Å². The molecule has 156 valence electrons. The molecule has 2 aromatic rings. The van der Waals surface area contributed by atoms with Crippen LogP contribution in [0.15, 0.2) is 48.5 Å². The van der Waals surface area contributed by atoms with Gasteiger partial charge in [0.15, 0.2) is 5.54 Å². The highest BCUT2D eigenvalue weighted by molar-refractivity contribution is 6.09. The second kappa shape index (κ2) is 8.02. The van der Waals surface area contributed by atoms with Crippen LogP contribution in [0.5, 0.6) is 11.5 Å². The summed E-state index contributed by atoms with van der Waals surface area (Å²) in [5.41, 5.74) is -0.670. The Morgan fingerprint density at radius 1 is 1.13 bits per heavy atom. The largest absolute Gasteiger partial charge is 0.493 e. The van der Waals surface area contributed by atoms with Crippen LogP contribution in [0.25, 0.3) is 0 Å². The first-order valence-electron chi connectivity index (χ1n) is 9.40. The van der Waals surface area contributed by atoms with Crippen LogP contribution in [-0.4, -0.2) is 49.2 Å².